The first-order valence-corrected chi connectivity index (χ1v) is 12.6. The van der Waals surface area contributed by atoms with Crippen LogP contribution in [0.3, 0.4) is 0 Å². The fraction of sp³-hybridized carbons (Fsp3) is 0.375. The molecule has 8 heteroatoms. The lowest BCUT2D eigenvalue weighted by Gasteiger charge is -2.30. The van der Waals surface area contributed by atoms with Crippen LogP contribution in [0.4, 0.5) is 0 Å². The second-order valence-corrected chi connectivity index (χ2v) is 10.8. The second-order valence-electron chi connectivity index (χ2n) is 8.46. The van der Waals surface area contributed by atoms with Crippen molar-refractivity contribution in [2.24, 2.45) is 5.92 Å². The summed E-state index contributed by atoms with van der Waals surface area (Å²) in [6.45, 7) is 5.37. The molecule has 0 aliphatic carbocycles. The smallest absolute Gasteiger partial charge is 0.287 e. The van der Waals surface area contributed by atoms with E-state index in [9.17, 15) is 13.2 Å². The molecule has 0 radical (unpaired) electrons. The lowest BCUT2D eigenvalue weighted by atomic mass is 10.0. The van der Waals surface area contributed by atoms with Gasteiger partial charge in [-0.05, 0) is 68.0 Å². The molecular weight excluding hydrogens is 448 g/mol. The van der Waals surface area contributed by atoms with Crippen LogP contribution in [-0.4, -0.2) is 38.3 Å². The molecule has 3 aromatic rings. The maximum absolute atomic E-state index is 13.1. The Morgan fingerprint density at radius 2 is 1.97 bits per heavy atom. The Morgan fingerprint density at radius 3 is 2.69 bits per heavy atom. The predicted octanol–water partition coefficient (Wildman–Crippen LogP) is 4.79. The summed E-state index contributed by atoms with van der Waals surface area (Å²) in [5.74, 6) is 0.236. The van der Waals surface area contributed by atoms with E-state index in [1.807, 2.05) is 24.3 Å². The summed E-state index contributed by atoms with van der Waals surface area (Å²) in [7, 11) is -3.58. The average Bonchev–Trinajstić information content (AvgIpc) is 3.11. The monoisotopic (exact) mass is 474 g/mol. The maximum Gasteiger partial charge on any atom is 0.287 e. The summed E-state index contributed by atoms with van der Waals surface area (Å²) in [4.78, 5) is 12.9. The first-order chi connectivity index (χ1) is 15.3. The maximum atomic E-state index is 13.1. The van der Waals surface area contributed by atoms with Gasteiger partial charge in [-0.2, -0.15) is 4.31 Å². The van der Waals surface area contributed by atoms with Crippen molar-refractivity contribution in [3.05, 3.63) is 64.4 Å². The van der Waals surface area contributed by atoms with Gasteiger partial charge < -0.3 is 9.73 Å². The van der Waals surface area contributed by atoms with Crippen LogP contribution in [0.1, 0.15) is 41.4 Å². The van der Waals surface area contributed by atoms with Crippen LogP contribution < -0.4 is 5.32 Å². The number of nitrogens with one attached hydrogen (secondary N) is 1. The lowest BCUT2D eigenvalue weighted by Crippen LogP contribution is -2.39. The van der Waals surface area contributed by atoms with Gasteiger partial charge in [0, 0.05) is 35.6 Å². The Morgan fingerprint density at radius 1 is 1.22 bits per heavy atom. The highest BCUT2D eigenvalue weighted by atomic mass is 35.5. The molecule has 1 atom stereocenters. The predicted molar refractivity (Wildman–Crippen MR) is 126 cm³/mol. The zero-order chi connectivity index (χ0) is 22.9. The number of carbonyl (C=O) groups excluding carboxylic acids is 1. The molecule has 1 aromatic heterocycles. The van der Waals surface area contributed by atoms with E-state index in [0.29, 0.717) is 53.5 Å². The molecule has 0 spiro atoms. The molecular formula is C24H27ClN2O4S. The van der Waals surface area contributed by atoms with Gasteiger partial charge in [0.25, 0.3) is 5.91 Å². The van der Waals surface area contributed by atoms with Crippen LogP contribution >= 0.6 is 11.6 Å². The number of carbonyl (C=O) groups is 1. The van der Waals surface area contributed by atoms with Gasteiger partial charge in [0.1, 0.15) is 5.58 Å². The zero-order valence-electron chi connectivity index (χ0n) is 18.2. The minimum absolute atomic E-state index is 0.206. The van der Waals surface area contributed by atoms with E-state index < -0.39 is 10.0 Å². The molecule has 0 saturated carbocycles. The summed E-state index contributed by atoms with van der Waals surface area (Å²) in [5.41, 5.74) is 2.20. The molecule has 2 aromatic carbocycles. The number of fused-ring (bicyclic) bond motifs is 1. The van der Waals surface area contributed by atoms with Crippen molar-refractivity contribution in [2.75, 3.05) is 19.6 Å². The van der Waals surface area contributed by atoms with Crippen molar-refractivity contribution in [2.45, 2.75) is 38.0 Å². The minimum atomic E-state index is -3.58. The highest BCUT2D eigenvalue weighted by molar-refractivity contribution is 7.89. The average molecular weight is 475 g/mol. The van der Waals surface area contributed by atoms with E-state index in [0.717, 1.165) is 18.4 Å². The van der Waals surface area contributed by atoms with Gasteiger partial charge >= 0.3 is 0 Å². The molecule has 2 heterocycles. The normalized spacial score (nSPS) is 17.5. The fourth-order valence-corrected chi connectivity index (χ4v) is 5.89. The first kappa shape index (κ1) is 22.8. The Hall–Kier alpha value is -2.35. The third-order valence-electron chi connectivity index (χ3n) is 5.98. The third kappa shape index (κ3) is 4.70. The first-order valence-electron chi connectivity index (χ1n) is 10.8. The number of hydrogen-bond donors (Lipinski definition) is 1. The van der Waals surface area contributed by atoms with Crippen LogP contribution in [0.15, 0.2) is 51.8 Å². The largest absolute Gasteiger partial charge is 0.451 e. The number of nitrogens with zero attached hydrogens (tertiary/aromatic N) is 1. The van der Waals surface area contributed by atoms with Gasteiger partial charge in [-0.25, -0.2) is 8.42 Å². The number of rotatable bonds is 6. The van der Waals surface area contributed by atoms with Gasteiger partial charge in [-0.1, -0.05) is 30.7 Å². The van der Waals surface area contributed by atoms with E-state index in [4.69, 9.17) is 16.0 Å². The minimum Gasteiger partial charge on any atom is -0.451 e. The molecule has 0 bridgehead atoms. The van der Waals surface area contributed by atoms with Crippen molar-refractivity contribution in [1.82, 2.24) is 9.62 Å². The van der Waals surface area contributed by atoms with Crippen LogP contribution in [0, 0.1) is 12.8 Å². The molecule has 1 N–H and O–H groups in total. The number of halogens is 1. The highest BCUT2D eigenvalue weighted by Crippen LogP contribution is 2.30. The molecule has 4 rings (SSSR count). The summed E-state index contributed by atoms with van der Waals surface area (Å²) in [6.07, 6.45) is 2.58. The number of furan rings is 1. The number of hydrogen-bond acceptors (Lipinski definition) is 4. The SMILES string of the molecule is Cc1c(C(=O)NCCc2ccc(Cl)cc2)oc2ccc(S(=O)(=O)N3CCC[C@@H](C)C3)cc12. The van der Waals surface area contributed by atoms with E-state index in [-0.39, 0.29) is 16.6 Å². The topological polar surface area (TPSA) is 79.6 Å². The highest BCUT2D eigenvalue weighted by Gasteiger charge is 2.29. The standard InChI is InChI=1S/C24H27ClN2O4S/c1-16-4-3-13-27(15-16)32(29,30)20-9-10-22-21(14-20)17(2)23(31-22)24(28)26-12-11-18-5-7-19(25)8-6-18/h5-10,14,16H,3-4,11-13,15H2,1-2H3,(H,26,28)/t16-/m1/s1. The Labute approximate surface area is 193 Å². The Balaban J connectivity index is 1.51. The van der Waals surface area contributed by atoms with Gasteiger partial charge in [0.05, 0.1) is 4.90 Å². The van der Waals surface area contributed by atoms with Crippen molar-refractivity contribution in [3.63, 3.8) is 0 Å². The molecule has 0 unspecified atom stereocenters. The molecule has 1 amide bonds. The Bertz CT molecular complexity index is 1230. The van der Waals surface area contributed by atoms with Crippen LogP contribution in [0.25, 0.3) is 11.0 Å². The number of sulfonamides is 1. The summed E-state index contributed by atoms with van der Waals surface area (Å²) < 4.78 is 33.6. The molecule has 1 aliphatic heterocycles. The number of piperidine rings is 1. The van der Waals surface area contributed by atoms with Gasteiger partial charge in [-0.3, -0.25) is 4.79 Å². The molecule has 1 fully saturated rings. The number of amides is 1. The van der Waals surface area contributed by atoms with E-state index in [1.54, 1.807) is 29.4 Å². The van der Waals surface area contributed by atoms with Crippen LogP contribution in [0.2, 0.25) is 5.02 Å². The molecule has 32 heavy (non-hydrogen) atoms. The van der Waals surface area contributed by atoms with Crippen LogP contribution in [-0.2, 0) is 16.4 Å². The van der Waals surface area contributed by atoms with Gasteiger partial charge in [-0.15, -0.1) is 0 Å². The van der Waals surface area contributed by atoms with E-state index >= 15 is 0 Å². The summed E-state index contributed by atoms with van der Waals surface area (Å²) >= 11 is 5.90. The van der Waals surface area contributed by atoms with Crippen molar-refractivity contribution in [1.29, 1.82) is 0 Å². The molecule has 1 aliphatic rings. The van der Waals surface area contributed by atoms with Crippen molar-refractivity contribution in [3.8, 4) is 0 Å². The second kappa shape index (κ2) is 9.25. The van der Waals surface area contributed by atoms with Crippen LogP contribution in [0.5, 0.6) is 0 Å². The van der Waals surface area contributed by atoms with Gasteiger partial charge in [0.2, 0.25) is 10.0 Å². The van der Waals surface area contributed by atoms with E-state index in [1.165, 1.54) is 0 Å². The molecule has 6 nitrogen and oxygen atoms in total. The summed E-state index contributed by atoms with van der Waals surface area (Å²) in [6, 6.07) is 12.3. The molecule has 170 valence electrons. The zero-order valence-corrected chi connectivity index (χ0v) is 19.8. The lowest BCUT2D eigenvalue weighted by molar-refractivity contribution is 0.0927. The summed E-state index contributed by atoms with van der Waals surface area (Å²) in [5, 5.41) is 4.18. The van der Waals surface area contributed by atoms with Gasteiger partial charge in [0.15, 0.2) is 5.76 Å². The Kier molecular flexibility index (Phi) is 6.60. The molecule has 1 saturated heterocycles. The fourth-order valence-electron chi connectivity index (χ4n) is 4.14. The van der Waals surface area contributed by atoms with E-state index in [2.05, 4.69) is 12.2 Å². The van der Waals surface area contributed by atoms with Crippen molar-refractivity contribution < 1.29 is 17.6 Å². The number of aryl methyl sites for hydroxylation is 1. The number of benzene rings is 2. The quantitative estimate of drug-likeness (QED) is 0.557. The van der Waals surface area contributed by atoms with Crippen molar-refractivity contribution >= 4 is 38.5 Å². The third-order valence-corrected chi connectivity index (χ3v) is 8.10.